The highest BCUT2D eigenvalue weighted by molar-refractivity contribution is 6.09. The normalized spacial score (nSPS) is 21.5. The van der Waals surface area contributed by atoms with E-state index in [-0.39, 0.29) is 48.8 Å². The molecule has 1 aliphatic heterocycles. The lowest BCUT2D eigenvalue weighted by atomic mass is 9.81. The van der Waals surface area contributed by atoms with Gasteiger partial charge in [0.15, 0.2) is 5.82 Å². The molecule has 7 rings (SSSR count). The molecule has 2 aromatic carbocycles. The van der Waals surface area contributed by atoms with Gasteiger partial charge < -0.3 is 25.4 Å². The fraction of sp³-hybridized carbons (Fsp3) is 0.444. The molecule has 0 unspecified atom stereocenters. The summed E-state index contributed by atoms with van der Waals surface area (Å²) in [6.07, 6.45) is 3.05. The summed E-state index contributed by atoms with van der Waals surface area (Å²) < 4.78 is 28.8. The number of nitrogens with one attached hydrogen (secondary N) is 3. The summed E-state index contributed by atoms with van der Waals surface area (Å²) in [5, 5.41) is 9.53. The third kappa shape index (κ3) is 5.34. The highest BCUT2D eigenvalue weighted by Crippen LogP contribution is 2.48. The number of alkyl halides is 2. The lowest BCUT2D eigenvalue weighted by Gasteiger charge is -2.46. The van der Waals surface area contributed by atoms with Gasteiger partial charge in [-0.3, -0.25) is 9.59 Å². The molecule has 0 spiro atoms. The van der Waals surface area contributed by atoms with Gasteiger partial charge in [0.05, 0.1) is 23.0 Å². The molecule has 9 nitrogen and oxygen atoms in total. The zero-order valence-corrected chi connectivity index (χ0v) is 27.6. The molecule has 2 saturated carbocycles. The second-order valence-corrected chi connectivity index (χ2v) is 14.2. The van der Waals surface area contributed by atoms with Crippen LogP contribution in [0.1, 0.15) is 80.9 Å². The first kappa shape index (κ1) is 31.2. The Balaban J connectivity index is 1.23. The van der Waals surface area contributed by atoms with Crippen molar-refractivity contribution >= 4 is 40.0 Å². The van der Waals surface area contributed by atoms with Gasteiger partial charge >= 0.3 is 0 Å². The number of aromatic nitrogens is 3. The van der Waals surface area contributed by atoms with Crippen molar-refractivity contribution in [1.82, 2.24) is 25.2 Å². The zero-order valence-electron chi connectivity index (χ0n) is 27.6. The predicted octanol–water partition coefficient (Wildman–Crippen LogP) is 6.63. The number of hydrogen-bond donors (Lipinski definition) is 3. The first-order chi connectivity index (χ1) is 22.3. The van der Waals surface area contributed by atoms with Crippen molar-refractivity contribution < 1.29 is 18.4 Å². The minimum absolute atomic E-state index is 0.00169. The number of amides is 2. The maximum atomic E-state index is 13.8. The summed E-state index contributed by atoms with van der Waals surface area (Å²) in [7, 11) is 1.61. The van der Waals surface area contributed by atoms with E-state index in [9.17, 15) is 18.4 Å². The average Bonchev–Trinajstić information content (AvgIpc) is 3.51. The van der Waals surface area contributed by atoms with Crippen LogP contribution in [-0.4, -0.2) is 57.4 Å². The van der Waals surface area contributed by atoms with Crippen LogP contribution in [0, 0.1) is 6.92 Å². The molecular formula is C36H41F2N7O2. The molecule has 11 heteroatoms. The molecule has 0 radical (unpaired) electrons. The number of fused-ring (bicyclic) bond motifs is 2. The number of halogens is 2. The number of benzene rings is 2. The highest BCUT2D eigenvalue weighted by Gasteiger charge is 2.51. The van der Waals surface area contributed by atoms with Gasteiger partial charge in [-0.1, -0.05) is 18.2 Å². The van der Waals surface area contributed by atoms with E-state index in [1.165, 1.54) is 0 Å². The van der Waals surface area contributed by atoms with E-state index in [0.717, 1.165) is 51.9 Å². The maximum absolute atomic E-state index is 13.8. The molecule has 0 saturated heterocycles. The molecule has 2 fully saturated rings. The van der Waals surface area contributed by atoms with E-state index in [1.807, 2.05) is 74.5 Å². The van der Waals surface area contributed by atoms with Crippen LogP contribution in [0.5, 0.6) is 0 Å². The van der Waals surface area contributed by atoms with E-state index in [1.54, 1.807) is 7.05 Å². The van der Waals surface area contributed by atoms with Crippen molar-refractivity contribution in [2.45, 2.75) is 95.8 Å². The zero-order chi connectivity index (χ0) is 33.4. The van der Waals surface area contributed by atoms with Crippen LogP contribution in [0.3, 0.4) is 0 Å². The monoisotopic (exact) mass is 641 g/mol. The van der Waals surface area contributed by atoms with Crippen molar-refractivity contribution in [3.8, 4) is 11.3 Å². The van der Waals surface area contributed by atoms with Crippen LogP contribution in [0.4, 0.5) is 26.0 Å². The molecule has 246 valence electrons. The summed E-state index contributed by atoms with van der Waals surface area (Å²) >= 11 is 0. The van der Waals surface area contributed by atoms with Gasteiger partial charge in [0.1, 0.15) is 5.52 Å². The molecule has 2 amide bonds. The van der Waals surface area contributed by atoms with Gasteiger partial charge in [0.25, 0.3) is 11.8 Å². The number of anilines is 3. The van der Waals surface area contributed by atoms with E-state index >= 15 is 0 Å². The first-order valence-corrected chi connectivity index (χ1v) is 16.4. The Morgan fingerprint density at radius 3 is 2.47 bits per heavy atom. The topological polar surface area (TPSA) is 104 Å². The summed E-state index contributed by atoms with van der Waals surface area (Å²) in [5.41, 5.74) is 6.49. The van der Waals surface area contributed by atoms with Crippen LogP contribution >= 0.6 is 0 Å². The van der Waals surface area contributed by atoms with E-state index in [4.69, 9.17) is 9.97 Å². The molecular weight excluding hydrogens is 600 g/mol. The Morgan fingerprint density at radius 2 is 1.79 bits per heavy atom. The van der Waals surface area contributed by atoms with Crippen LogP contribution < -0.4 is 20.9 Å². The molecule has 4 aromatic rings. The number of imidazole rings is 1. The van der Waals surface area contributed by atoms with Crippen molar-refractivity contribution in [2.75, 3.05) is 17.3 Å². The van der Waals surface area contributed by atoms with Crippen molar-refractivity contribution in [3.05, 3.63) is 65.5 Å². The van der Waals surface area contributed by atoms with E-state index < -0.39 is 11.3 Å². The molecule has 0 bridgehead atoms. The summed E-state index contributed by atoms with van der Waals surface area (Å²) in [6, 6.07) is 13.8. The van der Waals surface area contributed by atoms with Crippen LogP contribution in [0.2, 0.25) is 0 Å². The minimum Gasteiger partial charge on any atom is -0.355 e. The van der Waals surface area contributed by atoms with E-state index in [2.05, 4.69) is 34.4 Å². The Kier molecular flexibility index (Phi) is 7.38. The van der Waals surface area contributed by atoms with Crippen LogP contribution in [-0.2, 0) is 10.2 Å². The fourth-order valence-electron chi connectivity index (χ4n) is 7.26. The van der Waals surface area contributed by atoms with Gasteiger partial charge in [0, 0.05) is 66.6 Å². The summed E-state index contributed by atoms with van der Waals surface area (Å²) in [4.78, 5) is 38.1. The van der Waals surface area contributed by atoms with Crippen molar-refractivity contribution in [2.24, 2.45) is 0 Å². The molecule has 2 aliphatic carbocycles. The molecule has 3 aliphatic rings. The number of carbonyl (C=O) groups is 2. The number of hydrogen-bond acceptors (Lipinski definition) is 6. The number of aryl methyl sites for hydroxylation is 1. The number of rotatable bonds is 8. The molecule has 0 atom stereocenters. The first-order valence-electron chi connectivity index (χ1n) is 16.4. The lowest BCUT2D eigenvalue weighted by Crippen LogP contribution is -2.60. The average molecular weight is 642 g/mol. The third-order valence-corrected chi connectivity index (χ3v) is 10.1. The summed E-state index contributed by atoms with van der Waals surface area (Å²) in [5.74, 6) is -2.06. The van der Waals surface area contributed by atoms with Gasteiger partial charge in [-0.15, -0.1) is 0 Å². The molecule has 3 N–H and O–H groups in total. The van der Waals surface area contributed by atoms with Gasteiger partial charge in [-0.2, -0.15) is 0 Å². The number of carbonyl (C=O) groups excluding carboxylic acids is 2. The SMILES string of the molecule is CNC(=O)c1cc(Nc2nc(-c3ccc4c(c3)N(C3CC(NC5CC(F)(F)C5)C3)C(=O)C4(C)C)cc3ncn(C(C)C)c23)ccc1C. The largest absolute Gasteiger partial charge is 0.355 e. The highest BCUT2D eigenvalue weighted by atomic mass is 19.3. The van der Waals surface area contributed by atoms with Crippen LogP contribution in [0.25, 0.3) is 22.3 Å². The van der Waals surface area contributed by atoms with Crippen molar-refractivity contribution in [1.29, 1.82) is 0 Å². The van der Waals surface area contributed by atoms with E-state index in [0.29, 0.717) is 17.1 Å². The number of pyridine rings is 1. The quantitative estimate of drug-likeness (QED) is 0.200. The lowest BCUT2D eigenvalue weighted by molar-refractivity contribution is -0.123. The van der Waals surface area contributed by atoms with Crippen molar-refractivity contribution in [3.63, 3.8) is 0 Å². The fourth-order valence-corrected chi connectivity index (χ4v) is 7.26. The Bertz CT molecular complexity index is 1900. The molecule has 47 heavy (non-hydrogen) atoms. The van der Waals surface area contributed by atoms with Crippen LogP contribution in [0.15, 0.2) is 48.8 Å². The molecule has 3 heterocycles. The van der Waals surface area contributed by atoms with Gasteiger partial charge in [-0.05, 0) is 82.9 Å². The maximum Gasteiger partial charge on any atom is 0.251 e. The Hall–Kier alpha value is -4.38. The molecule has 2 aromatic heterocycles. The summed E-state index contributed by atoms with van der Waals surface area (Å²) in [6.45, 7) is 9.99. The Labute approximate surface area is 273 Å². The van der Waals surface area contributed by atoms with Gasteiger partial charge in [0.2, 0.25) is 5.91 Å². The minimum atomic E-state index is -2.56. The standard InChI is InChI=1S/C36H41F2N7O2/c1-19(2)44-18-40-29-15-28(43-32(31(29)44)42-22-9-7-20(3)26(14-22)33(46)39-6)21-8-10-27-30(11-21)45(34(47)35(27,4)5)25-12-23(13-25)41-24-16-36(37,38)17-24/h7-11,14-15,18-19,23-25,41H,12-13,16-17H2,1-6H3,(H,39,46)(H,42,43). The van der Waals surface area contributed by atoms with Gasteiger partial charge in [-0.25, -0.2) is 18.7 Å². The third-order valence-electron chi connectivity index (χ3n) is 10.1. The smallest absolute Gasteiger partial charge is 0.251 e. The Morgan fingerprint density at radius 1 is 1.04 bits per heavy atom. The second-order valence-electron chi connectivity index (χ2n) is 14.2. The number of nitrogens with zero attached hydrogens (tertiary/aromatic N) is 4. The second kappa shape index (κ2) is 11.1. The predicted molar refractivity (Wildman–Crippen MR) is 180 cm³/mol.